The molecule has 6 heteroatoms. The summed E-state index contributed by atoms with van der Waals surface area (Å²) in [5.41, 5.74) is 6.82. The number of esters is 1. The third-order valence-electron chi connectivity index (χ3n) is 1.89. The third kappa shape index (κ3) is 1.68. The number of aromatic nitrogens is 1. The van der Waals surface area contributed by atoms with Crippen molar-refractivity contribution in [2.24, 2.45) is 0 Å². The van der Waals surface area contributed by atoms with Gasteiger partial charge in [-0.25, -0.2) is 4.79 Å². The maximum absolute atomic E-state index is 11.3. The Morgan fingerprint density at radius 2 is 2.33 bits per heavy atom. The first-order chi connectivity index (χ1) is 7.11. The zero-order chi connectivity index (χ0) is 11.0. The minimum Gasteiger partial charge on any atom is -0.465 e. The summed E-state index contributed by atoms with van der Waals surface area (Å²) in [4.78, 5) is 15.2. The Labute approximate surface area is 93.3 Å². The molecule has 0 fully saturated rings. The topological polar surface area (TPSA) is 78.3 Å². The van der Waals surface area contributed by atoms with Crippen molar-refractivity contribution in [1.82, 2.24) is 4.98 Å². The van der Waals surface area contributed by atoms with Crippen LogP contribution in [0.25, 0.3) is 11.1 Å². The van der Waals surface area contributed by atoms with Gasteiger partial charge in [0.05, 0.1) is 12.7 Å². The molecule has 78 valence electrons. The Morgan fingerprint density at radius 1 is 1.60 bits per heavy atom. The van der Waals surface area contributed by atoms with E-state index in [1.807, 2.05) is 0 Å². The Morgan fingerprint density at radius 3 is 3.00 bits per heavy atom. The maximum atomic E-state index is 11.3. The number of hydrogen-bond acceptors (Lipinski definition) is 5. The fraction of sp³-hybridized carbons (Fsp3) is 0.111. The lowest BCUT2D eigenvalue weighted by Gasteiger charge is -1.99. The van der Waals surface area contributed by atoms with E-state index in [9.17, 15) is 4.79 Å². The van der Waals surface area contributed by atoms with Crippen LogP contribution in [0.2, 0.25) is 0 Å². The number of oxazole rings is 1. The van der Waals surface area contributed by atoms with Crippen LogP contribution in [0.1, 0.15) is 10.4 Å². The zero-order valence-electron chi connectivity index (χ0n) is 7.78. The monoisotopic (exact) mass is 270 g/mol. The number of halogens is 1. The molecule has 0 bridgehead atoms. The summed E-state index contributed by atoms with van der Waals surface area (Å²) in [5, 5.41) is 0. The van der Waals surface area contributed by atoms with Crippen molar-refractivity contribution >= 4 is 39.0 Å². The van der Waals surface area contributed by atoms with E-state index >= 15 is 0 Å². The summed E-state index contributed by atoms with van der Waals surface area (Å²) in [5.74, 6) is -0.437. The molecule has 0 amide bonds. The van der Waals surface area contributed by atoms with Crippen LogP contribution in [-0.2, 0) is 4.74 Å². The molecule has 15 heavy (non-hydrogen) atoms. The maximum Gasteiger partial charge on any atom is 0.338 e. The summed E-state index contributed by atoms with van der Waals surface area (Å²) < 4.78 is 10.3. The van der Waals surface area contributed by atoms with Crippen molar-refractivity contribution in [2.75, 3.05) is 12.8 Å². The lowest BCUT2D eigenvalue weighted by Crippen LogP contribution is -2.00. The van der Waals surface area contributed by atoms with E-state index in [0.29, 0.717) is 21.1 Å². The largest absolute Gasteiger partial charge is 0.465 e. The molecule has 0 saturated heterocycles. The van der Waals surface area contributed by atoms with Crippen molar-refractivity contribution in [3.63, 3.8) is 0 Å². The Kier molecular flexibility index (Phi) is 2.36. The average Bonchev–Trinajstić information content (AvgIpc) is 2.58. The highest BCUT2D eigenvalue weighted by Crippen LogP contribution is 2.27. The summed E-state index contributed by atoms with van der Waals surface area (Å²) >= 11 is 3.27. The quantitative estimate of drug-likeness (QED) is 0.802. The standard InChI is InChI=1S/C9H7BrN2O3/c1-14-8(13)4-2-5(10)7-6(3-4)15-9(11)12-7/h2-3H,1H3,(H2,11,12). The lowest BCUT2D eigenvalue weighted by molar-refractivity contribution is 0.0600. The van der Waals surface area contributed by atoms with Crippen molar-refractivity contribution in [2.45, 2.75) is 0 Å². The van der Waals surface area contributed by atoms with E-state index in [1.54, 1.807) is 6.07 Å². The van der Waals surface area contributed by atoms with Crippen LogP contribution >= 0.6 is 15.9 Å². The van der Waals surface area contributed by atoms with Crippen LogP contribution in [-0.4, -0.2) is 18.1 Å². The van der Waals surface area contributed by atoms with Crippen LogP contribution in [0.4, 0.5) is 6.01 Å². The molecule has 0 radical (unpaired) electrons. The van der Waals surface area contributed by atoms with Crippen molar-refractivity contribution in [3.8, 4) is 0 Å². The fourth-order valence-corrected chi connectivity index (χ4v) is 1.77. The molecule has 0 aliphatic carbocycles. The number of fused-ring (bicyclic) bond motifs is 1. The van der Waals surface area contributed by atoms with Gasteiger partial charge in [-0.2, -0.15) is 4.98 Å². The van der Waals surface area contributed by atoms with Crippen LogP contribution in [0, 0.1) is 0 Å². The van der Waals surface area contributed by atoms with Gasteiger partial charge >= 0.3 is 5.97 Å². The van der Waals surface area contributed by atoms with Gasteiger partial charge < -0.3 is 14.9 Å². The summed E-state index contributed by atoms with van der Waals surface area (Å²) in [6.45, 7) is 0. The Bertz CT molecular complexity index is 535. The number of nitrogen functional groups attached to an aromatic ring is 1. The molecule has 0 saturated carbocycles. The first-order valence-corrected chi connectivity index (χ1v) is 4.85. The van der Waals surface area contributed by atoms with E-state index in [4.69, 9.17) is 10.2 Å². The molecule has 2 aromatic rings. The normalized spacial score (nSPS) is 10.5. The molecular weight excluding hydrogens is 264 g/mol. The predicted molar refractivity (Wildman–Crippen MR) is 57.5 cm³/mol. The molecule has 1 aromatic heterocycles. The second kappa shape index (κ2) is 3.54. The van der Waals surface area contributed by atoms with Gasteiger partial charge in [0, 0.05) is 4.47 Å². The minimum absolute atomic E-state index is 0.0627. The molecule has 0 unspecified atom stereocenters. The van der Waals surface area contributed by atoms with E-state index in [1.165, 1.54) is 13.2 Å². The van der Waals surface area contributed by atoms with Crippen LogP contribution < -0.4 is 5.73 Å². The van der Waals surface area contributed by atoms with Crippen LogP contribution in [0.15, 0.2) is 21.0 Å². The Hall–Kier alpha value is -1.56. The fourth-order valence-electron chi connectivity index (χ4n) is 1.24. The number of methoxy groups -OCH3 is 1. The number of benzene rings is 1. The highest BCUT2D eigenvalue weighted by Gasteiger charge is 2.13. The van der Waals surface area contributed by atoms with Gasteiger partial charge in [-0.1, -0.05) is 0 Å². The molecule has 0 spiro atoms. The number of carbonyl (C=O) groups is 1. The van der Waals surface area contributed by atoms with Gasteiger partial charge in [0.1, 0.15) is 5.52 Å². The molecule has 1 heterocycles. The van der Waals surface area contributed by atoms with E-state index in [0.717, 1.165) is 0 Å². The third-order valence-corrected chi connectivity index (χ3v) is 2.49. The molecule has 0 aliphatic heterocycles. The second-order valence-electron chi connectivity index (χ2n) is 2.85. The number of carbonyl (C=O) groups excluding carboxylic acids is 1. The predicted octanol–water partition coefficient (Wildman–Crippen LogP) is 1.96. The van der Waals surface area contributed by atoms with Crippen molar-refractivity contribution in [3.05, 3.63) is 22.2 Å². The van der Waals surface area contributed by atoms with Gasteiger partial charge in [-0.3, -0.25) is 0 Å². The molecule has 0 aliphatic rings. The minimum atomic E-state index is -0.437. The average molecular weight is 271 g/mol. The summed E-state index contributed by atoms with van der Waals surface area (Å²) in [7, 11) is 1.31. The highest BCUT2D eigenvalue weighted by atomic mass is 79.9. The molecule has 1 aromatic carbocycles. The lowest BCUT2D eigenvalue weighted by atomic mass is 10.2. The van der Waals surface area contributed by atoms with Gasteiger partial charge in [0.2, 0.25) is 0 Å². The summed E-state index contributed by atoms with van der Waals surface area (Å²) in [6.07, 6.45) is 0. The summed E-state index contributed by atoms with van der Waals surface area (Å²) in [6, 6.07) is 3.21. The molecule has 0 atom stereocenters. The zero-order valence-corrected chi connectivity index (χ0v) is 9.37. The first kappa shape index (κ1) is 9.97. The van der Waals surface area contributed by atoms with Gasteiger partial charge in [0.25, 0.3) is 6.01 Å². The van der Waals surface area contributed by atoms with E-state index in [-0.39, 0.29) is 6.01 Å². The van der Waals surface area contributed by atoms with Gasteiger partial charge in [0.15, 0.2) is 5.58 Å². The number of ether oxygens (including phenoxy) is 1. The molecular formula is C9H7BrN2O3. The SMILES string of the molecule is COC(=O)c1cc(Br)c2nc(N)oc2c1. The Balaban J connectivity index is 2.66. The number of rotatable bonds is 1. The molecule has 2 rings (SSSR count). The number of nitrogens with zero attached hydrogens (tertiary/aromatic N) is 1. The number of nitrogens with two attached hydrogens (primary N) is 1. The smallest absolute Gasteiger partial charge is 0.338 e. The van der Waals surface area contributed by atoms with Crippen molar-refractivity contribution < 1.29 is 13.9 Å². The first-order valence-electron chi connectivity index (χ1n) is 4.05. The molecule has 2 N–H and O–H groups in total. The van der Waals surface area contributed by atoms with Gasteiger partial charge in [-0.15, -0.1) is 0 Å². The highest BCUT2D eigenvalue weighted by molar-refractivity contribution is 9.10. The van der Waals surface area contributed by atoms with Gasteiger partial charge in [-0.05, 0) is 28.1 Å². The number of anilines is 1. The number of hydrogen-bond donors (Lipinski definition) is 1. The van der Waals surface area contributed by atoms with E-state index < -0.39 is 5.97 Å². The van der Waals surface area contributed by atoms with E-state index in [2.05, 4.69) is 25.7 Å². The molecule has 5 nitrogen and oxygen atoms in total. The van der Waals surface area contributed by atoms with Crippen molar-refractivity contribution in [1.29, 1.82) is 0 Å². The van der Waals surface area contributed by atoms with Crippen LogP contribution in [0.5, 0.6) is 0 Å². The second-order valence-corrected chi connectivity index (χ2v) is 3.70. The van der Waals surface area contributed by atoms with Crippen LogP contribution in [0.3, 0.4) is 0 Å².